The van der Waals surface area contributed by atoms with E-state index >= 15 is 0 Å². The Labute approximate surface area is 112 Å². The lowest BCUT2D eigenvalue weighted by atomic mass is 10.0. The fourth-order valence-electron chi connectivity index (χ4n) is 1.51. The topological polar surface area (TPSA) is 86.6 Å². The summed E-state index contributed by atoms with van der Waals surface area (Å²) in [5, 5.41) is 20.1. The number of aliphatic hydroxyl groups is 1. The van der Waals surface area contributed by atoms with Crippen molar-refractivity contribution in [1.82, 2.24) is 5.32 Å². The first-order valence-electron chi connectivity index (χ1n) is 5.49. The smallest absolute Gasteiger partial charge is 0.306 e. The first-order valence-corrected chi connectivity index (χ1v) is 5.49. The van der Waals surface area contributed by atoms with E-state index < -0.39 is 53.5 Å². The van der Waals surface area contributed by atoms with Crippen LogP contribution in [0, 0.1) is 17.5 Å². The van der Waals surface area contributed by atoms with Crippen molar-refractivity contribution >= 4 is 11.9 Å². The summed E-state index contributed by atoms with van der Waals surface area (Å²) in [4.78, 5) is 22.0. The molecule has 0 radical (unpaired) electrons. The van der Waals surface area contributed by atoms with Crippen LogP contribution in [0.4, 0.5) is 13.2 Å². The summed E-state index contributed by atoms with van der Waals surface area (Å²) in [6.07, 6.45) is -0.665. The van der Waals surface area contributed by atoms with Crippen molar-refractivity contribution in [3.05, 3.63) is 35.1 Å². The van der Waals surface area contributed by atoms with Gasteiger partial charge >= 0.3 is 5.97 Å². The van der Waals surface area contributed by atoms with Gasteiger partial charge in [-0.15, -0.1) is 0 Å². The molecule has 1 aromatic carbocycles. The molecule has 1 amide bonds. The maximum Gasteiger partial charge on any atom is 0.306 e. The molecule has 0 aliphatic carbocycles. The van der Waals surface area contributed by atoms with E-state index in [-0.39, 0.29) is 0 Å². The summed E-state index contributed by atoms with van der Waals surface area (Å²) in [5.41, 5.74) is -2.79. The zero-order valence-corrected chi connectivity index (χ0v) is 10.4. The van der Waals surface area contributed by atoms with Crippen LogP contribution in [0.25, 0.3) is 0 Å². The molecule has 0 aliphatic rings. The van der Waals surface area contributed by atoms with E-state index in [0.717, 1.165) is 6.92 Å². The number of carboxylic acid groups (broad SMARTS) is 1. The van der Waals surface area contributed by atoms with E-state index in [1.165, 1.54) is 0 Å². The number of rotatable bonds is 5. The summed E-state index contributed by atoms with van der Waals surface area (Å²) < 4.78 is 39.3. The highest BCUT2D eigenvalue weighted by Crippen LogP contribution is 2.15. The molecule has 0 aromatic heterocycles. The number of carboxylic acids is 1. The lowest BCUT2D eigenvalue weighted by Gasteiger charge is -2.21. The van der Waals surface area contributed by atoms with Crippen LogP contribution in [-0.4, -0.2) is 34.2 Å². The first-order chi connectivity index (χ1) is 9.12. The van der Waals surface area contributed by atoms with Crippen molar-refractivity contribution in [1.29, 1.82) is 0 Å². The second-order valence-electron chi connectivity index (χ2n) is 4.49. The number of benzene rings is 1. The van der Waals surface area contributed by atoms with Gasteiger partial charge in [-0.25, -0.2) is 13.2 Å². The van der Waals surface area contributed by atoms with Crippen molar-refractivity contribution in [2.45, 2.75) is 18.9 Å². The zero-order chi connectivity index (χ0) is 15.5. The minimum atomic E-state index is -1.78. The van der Waals surface area contributed by atoms with Gasteiger partial charge in [-0.05, 0) is 6.92 Å². The van der Waals surface area contributed by atoms with Crippen LogP contribution in [0.1, 0.15) is 23.7 Å². The van der Waals surface area contributed by atoms with Crippen molar-refractivity contribution in [3.63, 3.8) is 0 Å². The summed E-state index contributed by atoms with van der Waals surface area (Å²) in [6, 6.07) is 0.681. The summed E-state index contributed by atoms with van der Waals surface area (Å²) >= 11 is 0. The number of hydrogen-bond acceptors (Lipinski definition) is 3. The number of amides is 1. The van der Waals surface area contributed by atoms with Gasteiger partial charge in [0.2, 0.25) is 0 Å². The lowest BCUT2D eigenvalue weighted by molar-refractivity contribution is -0.141. The summed E-state index contributed by atoms with van der Waals surface area (Å²) in [5.74, 6) is -6.47. The van der Waals surface area contributed by atoms with Crippen molar-refractivity contribution in [2.24, 2.45) is 0 Å². The van der Waals surface area contributed by atoms with Crippen LogP contribution in [0.15, 0.2) is 12.1 Å². The molecule has 1 unspecified atom stereocenters. The highest BCUT2D eigenvalue weighted by Gasteiger charge is 2.26. The molecular formula is C12H12F3NO4. The number of hydrogen-bond donors (Lipinski definition) is 3. The largest absolute Gasteiger partial charge is 0.481 e. The van der Waals surface area contributed by atoms with Crippen LogP contribution in [0.3, 0.4) is 0 Å². The molecule has 0 bridgehead atoms. The van der Waals surface area contributed by atoms with Gasteiger partial charge in [0.05, 0.1) is 12.0 Å². The van der Waals surface area contributed by atoms with Gasteiger partial charge in [-0.3, -0.25) is 9.59 Å². The van der Waals surface area contributed by atoms with Crippen LogP contribution in [0.2, 0.25) is 0 Å². The zero-order valence-electron chi connectivity index (χ0n) is 10.4. The third-order valence-electron chi connectivity index (χ3n) is 2.40. The Morgan fingerprint density at radius 1 is 1.25 bits per heavy atom. The van der Waals surface area contributed by atoms with Crippen LogP contribution in [-0.2, 0) is 4.79 Å². The maximum atomic E-state index is 13.3. The van der Waals surface area contributed by atoms with Gasteiger partial charge in [-0.2, -0.15) is 0 Å². The molecule has 3 N–H and O–H groups in total. The van der Waals surface area contributed by atoms with Gasteiger partial charge in [0.15, 0.2) is 0 Å². The predicted octanol–water partition coefficient (Wildman–Crippen LogP) is 1.06. The monoisotopic (exact) mass is 291 g/mol. The van der Waals surface area contributed by atoms with Gasteiger partial charge in [0, 0.05) is 18.7 Å². The minimum Gasteiger partial charge on any atom is -0.481 e. The Kier molecular flexibility index (Phi) is 4.72. The molecule has 0 aliphatic heterocycles. The third kappa shape index (κ3) is 4.23. The van der Waals surface area contributed by atoms with E-state index in [0.29, 0.717) is 12.1 Å². The van der Waals surface area contributed by atoms with E-state index in [4.69, 9.17) is 5.11 Å². The average molecular weight is 291 g/mol. The fraction of sp³-hybridized carbons (Fsp3) is 0.333. The molecule has 110 valence electrons. The second kappa shape index (κ2) is 5.91. The normalized spacial score (nSPS) is 13.7. The van der Waals surface area contributed by atoms with Crippen molar-refractivity contribution in [3.8, 4) is 0 Å². The number of carbonyl (C=O) groups is 2. The molecule has 1 atom stereocenters. The highest BCUT2D eigenvalue weighted by molar-refractivity contribution is 5.94. The molecule has 0 saturated carbocycles. The number of halogens is 3. The quantitative estimate of drug-likeness (QED) is 0.757. The van der Waals surface area contributed by atoms with E-state index in [2.05, 4.69) is 0 Å². The van der Waals surface area contributed by atoms with Crippen molar-refractivity contribution in [2.75, 3.05) is 6.54 Å². The van der Waals surface area contributed by atoms with Crippen LogP contribution in [0.5, 0.6) is 0 Å². The van der Waals surface area contributed by atoms with E-state index in [1.807, 2.05) is 5.32 Å². The Morgan fingerprint density at radius 3 is 2.20 bits per heavy atom. The first kappa shape index (κ1) is 16.0. The Morgan fingerprint density at radius 2 is 1.75 bits per heavy atom. The average Bonchev–Trinajstić information content (AvgIpc) is 2.23. The number of nitrogens with one attached hydrogen (secondary N) is 1. The SMILES string of the molecule is CC(O)(CNC(=O)c1c(F)cc(F)cc1F)CC(=O)O. The fourth-order valence-corrected chi connectivity index (χ4v) is 1.51. The van der Waals surface area contributed by atoms with Crippen molar-refractivity contribution < 1.29 is 33.0 Å². The standard InChI is InChI=1S/C12H12F3NO4/c1-12(20,4-9(17)18)5-16-11(19)10-7(14)2-6(13)3-8(10)15/h2-3,20H,4-5H2,1H3,(H,16,19)(H,17,18). The Balaban J connectivity index is 2.80. The van der Waals surface area contributed by atoms with E-state index in [9.17, 15) is 27.9 Å². The summed E-state index contributed by atoms with van der Waals surface area (Å²) in [6.45, 7) is 0.604. The van der Waals surface area contributed by atoms with Gasteiger partial charge < -0.3 is 15.5 Å². The Bertz CT molecular complexity index is 522. The molecule has 0 fully saturated rings. The highest BCUT2D eigenvalue weighted by atomic mass is 19.1. The molecule has 1 rings (SSSR count). The van der Waals surface area contributed by atoms with Gasteiger partial charge in [0.25, 0.3) is 5.91 Å². The molecule has 1 aromatic rings. The van der Waals surface area contributed by atoms with Crippen LogP contribution < -0.4 is 5.32 Å². The molecule has 0 saturated heterocycles. The van der Waals surface area contributed by atoms with E-state index in [1.54, 1.807) is 0 Å². The third-order valence-corrected chi connectivity index (χ3v) is 2.40. The molecule has 5 nitrogen and oxygen atoms in total. The molecule has 0 heterocycles. The van der Waals surface area contributed by atoms with Crippen LogP contribution >= 0.6 is 0 Å². The second-order valence-corrected chi connectivity index (χ2v) is 4.49. The maximum absolute atomic E-state index is 13.3. The molecule has 20 heavy (non-hydrogen) atoms. The minimum absolute atomic E-state index is 0.341. The molecular weight excluding hydrogens is 279 g/mol. The number of carbonyl (C=O) groups excluding carboxylic acids is 1. The molecule has 8 heteroatoms. The summed E-state index contributed by atoms with van der Waals surface area (Å²) in [7, 11) is 0. The molecule has 0 spiro atoms. The van der Waals surface area contributed by atoms with Gasteiger partial charge in [-0.1, -0.05) is 0 Å². The Hall–Kier alpha value is -2.09. The van der Waals surface area contributed by atoms with Gasteiger partial charge in [0.1, 0.15) is 23.0 Å². The predicted molar refractivity (Wildman–Crippen MR) is 61.5 cm³/mol. The number of aliphatic carboxylic acids is 1. The lowest BCUT2D eigenvalue weighted by Crippen LogP contribution is -2.42.